The molecule has 2 aliphatic heterocycles. The van der Waals surface area contributed by atoms with Gasteiger partial charge in [-0.25, -0.2) is 8.78 Å². The van der Waals surface area contributed by atoms with Crippen LogP contribution in [0.15, 0.2) is 59.5 Å². The van der Waals surface area contributed by atoms with E-state index in [-0.39, 0.29) is 41.6 Å². The Hall–Kier alpha value is -4.05. The Kier molecular flexibility index (Phi) is 7.97. The van der Waals surface area contributed by atoms with Gasteiger partial charge < -0.3 is 24.3 Å². The number of halogens is 2. The highest BCUT2D eigenvalue weighted by atomic mass is 19.1. The van der Waals surface area contributed by atoms with Gasteiger partial charge in [0.05, 0.1) is 5.54 Å². The first-order valence-corrected chi connectivity index (χ1v) is 13.4. The first-order chi connectivity index (χ1) is 19.3. The standard InChI is InChI=1S/C30H31F2N3O5/c1-2-12-35-29(38)25-27(40-18-20-6-4-3-5-7-20)26(36)23(17-34(25)19-30(35)10-13-39-14-11-30)28(37)33-16-21-8-9-22(31)15-24(21)32/h3-9,15,17H,2,10-14,16,18-19H2,1H3,(H,33,37). The second-order valence-corrected chi connectivity index (χ2v) is 10.2. The molecule has 210 valence electrons. The largest absolute Gasteiger partial charge is 0.483 e. The molecule has 10 heteroatoms. The summed E-state index contributed by atoms with van der Waals surface area (Å²) in [5.74, 6) is -2.81. The summed E-state index contributed by atoms with van der Waals surface area (Å²) in [6.07, 6.45) is 3.37. The molecule has 2 aliphatic rings. The van der Waals surface area contributed by atoms with Crippen molar-refractivity contribution in [2.24, 2.45) is 0 Å². The zero-order chi connectivity index (χ0) is 28.3. The lowest BCUT2D eigenvalue weighted by Crippen LogP contribution is -2.61. The van der Waals surface area contributed by atoms with Crippen LogP contribution in [0, 0.1) is 11.6 Å². The lowest BCUT2D eigenvalue weighted by molar-refractivity contribution is -0.0359. The summed E-state index contributed by atoms with van der Waals surface area (Å²) in [7, 11) is 0. The molecule has 1 spiro atoms. The molecule has 2 amide bonds. The van der Waals surface area contributed by atoms with E-state index in [1.165, 1.54) is 12.3 Å². The van der Waals surface area contributed by atoms with Crippen LogP contribution in [0.1, 0.15) is 58.2 Å². The lowest BCUT2D eigenvalue weighted by atomic mass is 9.85. The predicted molar refractivity (Wildman–Crippen MR) is 143 cm³/mol. The van der Waals surface area contributed by atoms with Gasteiger partial charge in [-0.3, -0.25) is 14.4 Å². The van der Waals surface area contributed by atoms with Crippen molar-refractivity contribution in [3.8, 4) is 5.75 Å². The Morgan fingerprint density at radius 1 is 1.10 bits per heavy atom. The normalized spacial score (nSPS) is 16.1. The van der Waals surface area contributed by atoms with Gasteiger partial charge in [0.25, 0.3) is 11.8 Å². The smallest absolute Gasteiger partial charge is 0.275 e. The molecule has 1 N–H and O–H groups in total. The van der Waals surface area contributed by atoms with E-state index in [4.69, 9.17) is 9.47 Å². The van der Waals surface area contributed by atoms with Crippen molar-refractivity contribution < 1.29 is 27.8 Å². The molecule has 0 radical (unpaired) electrons. The van der Waals surface area contributed by atoms with Gasteiger partial charge in [-0.2, -0.15) is 0 Å². The van der Waals surface area contributed by atoms with Gasteiger partial charge in [0, 0.05) is 50.7 Å². The minimum Gasteiger partial charge on any atom is -0.483 e. The number of ether oxygens (including phenoxy) is 2. The third-order valence-corrected chi connectivity index (χ3v) is 7.52. The summed E-state index contributed by atoms with van der Waals surface area (Å²) in [5.41, 5.74) is -0.514. The Bertz CT molecular complexity index is 1470. The van der Waals surface area contributed by atoms with Crippen molar-refractivity contribution in [3.05, 3.63) is 99.0 Å². The predicted octanol–water partition coefficient (Wildman–Crippen LogP) is 4.05. The van der Waals surface area contributed by atoms with E-state index in [2.05, 4.69) is 5.32 Å². The highest BCUT2D eigenvalue weighted by molar-refractivity contribution is 5.99. The number of carbonyl (C=O) groups excluding carboxylic acids is 2. The van der Waals surface area contributed by atoms with Crippen LogP contribution in [0.2, 0.25) is 0 Å². The van der Waals surface area contributed by atoms with Crippen molar-refractivity contribution in [1.82, 2.24) is 14.8 Å². The molecule has 0 bridgehead atoms. The Morgan fingerprint density at radius 3 is 2.55 bits per heavy atom. The van der Waals surface area contributed by atoms with E-state index in [1.54, 1.807) is 4.57 Å². The molecule has 2 aromatic carbocycles. The summed E-state index contributed by atoms with van der Waals surface area (Å²) < 4.78 is 40.7. The van der Waals surface area contributed by atoms with Crippen molar-refractivity contribution in [3.63, 3.8) is 0 Å². The molecule has 3 heterocycles. The average Bonchev–Trinajstić information content (AvgIpc) is 2.95. The van der Waals surface area contributed by atoms with Gasteiger partial charge in [-0.1, -0.05) is 43.3 Å². The number of aromatic nitrogens is 1. The van der Waals surface area contributed by atoms with E-state index < -0.39 is 28.5 Å². The van der Waals surface area contributed by atoms with Gasteiger partial charge in [0.15, 0.2) is 11.4 Å². The molecule has 40 heavy (non-hydrogen) atoms. The molecule has 1 fully saturated rings. The number of nitrogens with zero attached hydrogens (tertiary/aromatic N) is 2. The molecular weight excluding hydrogens is 520 g/mol. The second-order valence-electron chi connectivity index (χ2n) is 10.2. The number of benzene rings is 2. The topological polar surface area (TPSA) is 89.9 Å². The Labute approximate surface area is 230 Å². The lowest BCUT2D eigenvalue weighted by Gasteiger charge is -2.50. The maximum absolute atomic E-state index is 14.1. The monoisotopic (exact) mass is 551 g/mol. The van der Waals surface area contributed by atoms with E-state index in [0.29, 0.717) is 39.1 Å². The Balaban J connectivity index is 1.54. The zero-order valence-electron chi connectivity index (χ0n) is 22.3. The minimum atomic E-state index is -0.808. The molecule has 0 saturated carbocycles. The highest BCUT2D eigenvalue weighted by Crippen LogP contribution is 2.37. The van der Waals surface area contributed by atoms with Crippen LogP contribution in [0.4, 0.5) is 8.78 Å². The van der Waals surface area contributed by atoms with Crippen LogP contribution >= 0.6 is 0 Å². The quantitative estimate of drug-likeness (QED) is 0.456. The summed E-state index contributed by atoms with van der Waals surface area (Å²) in [6, 6.07) is 12.2. The zero-order valence-corrected chi connectivity index (χ0v) is 22.3. The number of fused-ring (bicyclic) bond motifs is 1. The van der Waals surface area contributed by atoms with Crippen LogP contribution in [0.3, 0.4) is 0 Å². The molecule has 0 aliphatic carbocycles. The SMILES string of the molecule is CCCN1C(=O)c2c(OCc3ccccc3)c(=O)c(C(=O)NCc3ccc(F)cc3F)cn2CC12CCOCC2. The van der Waals surface area contributed by atoms with E-state index in [1.807, 2.05) is 42.2 Å². The van der Waals surface area contributed by atoms with E-state index in [0.717, 1.165) is 24.1 Å². The van der Waals surface area contributed by atoms with Crippen molar-refractivity contribution >= 4 is 11.8 Å². The van der Waals surface area contributed by atoms with Gasteiger partial charge in [0.2, 0.25) is 5.43 Å². The van der Waals surface area contributed by atoms with Gasteiger partial charge >= 0.3 is 0 Å². The molecule has 1 aromatic heterocycles. The highest BCUT2D eigenvalue weighted by Gasteiger charge is 2.47. The number of hydrogen-bond acceptors (Lipinski definition) is 5. The molecule has 8 nitrogen and oxygen atoms in total. The first kappa shape index (κ1) is 27.5. The Morgan fingerprint density at radius 2 is 1.85 bits per heavy atom. The molecule has 3 aromatic rings. The maximum Gasteiger partial charge on any atom is 0.275 e. The molecule has 1 saturated heterocycles. The third kappa shape index (κ3) is 5.36. The van der Waals surface area contributed by atoms with E-state index >= 15 is 0 Å². The number of rotatable bonds is 8. The van der Waals surface area contributed by atoms with Crippen molar-refractivity contribution in [1.29, 1.82) is 0 Å². The van der Waals surface area contributed by atoms with Crippen LogP contribution < -0.4 is 15.5 Å². The number of amides is 2. The van der Waals surface area contributed by atoms with Crippen molar-refractivity contribution in [2.75, 3.05) is 19.8 Å². The van der Waals surface area contributed by atoms with Gasteiger partial charge in [0.1, 0.15) is 23.8 Å². The van der Waals surface area contributed by atoms with Crippen LogP contribution in [-0.2, 0) is 24.4 Å². The fraction of sp³-hybridized carbons (Fsp3) is 0.367. The van der Waals surface area contributed by atoms with Gasteiger partial charge in [-0.05, 0) is 30.9 Å². The number of carbonyl (C=O) groups is 2. The number of hydrogen-bond donors (Lipinski definition) is 1. The van der Waals surface area contributed by atoms with Crippen LogP contribution in [0.5, 0.6) is 5.75 Å². The molecule has 0 unspecified atom stereocenters. The van der Waals surface area contributed by atoms with E-state index in [9.17, 15) is 23.2 Å². The number of nitrogens with one attached hydrogen (secondary N) is 1. The summed E-state index contributed by atoms with van der Waals surface area (Å²) in [4.78, 5) is 42.8. The summed E-state index contributed by atoms with van der Waals surface area (Å²) in [5, 5.41) is 2.55. The summed E-state index contributed by atoms with van der Waals surface area (Å²) in [6.45, 7) is 3.63. The number of pyridine rings is 1. The van der Waals surface area contributed by atoms with Crippen LogP contribution in [0.25, 0.3) is 0 Å². The fourth-order valence-corrected chi connectivity index (χ4v) is 5.43. The fourth-order valence-electron chi connectivity index (χ4n) is 5.43. The first-order valence-electron chi connectivity index (χ1n) is 13.4. The third-order valence-electron chi connectivity index (χ3n) is 7.52. The second kappa shape index (κ2) is 11.6. The van der Waals surface area contributed by atoms with Crippen LogP contribution in [-0.4, -0.2) is 46.6 Å². The van der Waals surface area contributed by atoms with Gasteiger partial charge in [-0.15, -0.1) is 0 Å². The molecule has 0 atom stereocenters. The summed E-state index contributed by atoms with van der Waals surface area (Å²) >= 11 is 0. The average molecular weight is 552 g/mol. The maximum atomic E-state index is 14.1. The van der Waals surface area contributed by atoms with Crippen molar-refractivity contribution in [2.45, 2.75) is 51.4 Å². The molecular formula is C30H31F2N3O5. The minimum absolute atomic E-state index is 0.0228. The molecule has 5 rings (SSSR count).